The van der Waals surface area contributed by atoms with E-state index in [2.05, 4.69) is 77.4 Å². The van der Waals surface area contributed by atoms with Gasteiger partial charge in [-0.25, -0.2) is 8.42 Å². The molecule has 10 unspecified atom stereocenters. The molecule has 0 aromatic heterocycles. The summed E-state index contributed by atoms with van der Waals surface area (Å²) < 4.78 is 29.5. The first-order valence-electron chi connectivity index (χ1n) is 20.9. The van der Waals surface area contributed by atoms with E-state index >= 15 is 0 Å². The van der Waals surface area contributed by atoms with E-state index < -0.39 is 9.84 Å². The summed E-state index contributed by atoms with van der Waals surface area (Å²) in [4.78, 5) is 15.0. The Morgan fingerprint density at radius 2 is 1.71 bits per heavy atom. The molecule has 0 radical (unpaired) electrons. The molecule has 2 aliphatic heterocycles. The molecule has 51 heavy (non-hydrogen) atoms. The molecule has 1 spiro atoms. The van der Waals surface area contributed by atoms with Gasteiger partial charge in [0.1, 0.15) is 0 Å². The minimum absolute atomic E-state index is 0.0367. The molecule has 2 heterocycles. The number of carbonyl (C=O) groups is 1. The van der Waals surface area contributed by atoms with Crippen molar-refractivity contribution >= 4 is 15.8 Å². The minimum Gasteiger partial charge on any atom is -0.465 e. The number of cyclic esters (lactones) is 1. The Morgan fingerprint density at radius 1 is 0.961 bits per heavy atom. The SMILES string of the molecule is C=C(C)C1CCC(CC)(NCCN2CCS(=O)(=O)CC2)C1C1CCC2C(C)(CCC3C(C)(C)C(C4=CCC5(CCOC5=O)CC4)=CCC32C)C1C. The minimum atomic E-state index is -2.86. The molecular formula is C44H70N2O4S. The number of hydrogen-bond donors (Lipinski definition) is 1. The average Bonchev–Trinajstić information content (AvgIpc) is 3.63. The van der Waals surface area contributed by atoms with Crippen LogP contribution in [0.5, 0.6) is 0 Å². The zero-order valence-electron chi connectivity index (χ0n) is 33.2. The summed E-state index contributed by atoms with van der Waals surface area (Å²) in [7, 11) is -2.86. The molecule has 5 aliphatic carbocycles. The Morgan fingerprint density at radius 3 is 2.33 bits per heavy atom. The Hall–Kier alpha value is -1.44. The molecule has 10 atom stereocenters. The standard InChI is InChI=1S/C44H70N2O4S/c1-9-44(45-23-24-46-25-28-51(48,49)29-26-46)21-14-33(30(2)3)38(44)34-10-11-37-41(7,31(34)4)18-16-36-40(5,6)35(15-17-42(36,37)8)32-12-19-43(20-13-32)22-27-50-39(43)47/h12,15,31,33-34,36-38,45H,2,9-11,13-14,16-29H2,1,3-8H3. The van der Waals surface area contributed by atoms with Gasteiger partial charge in [-0.1, -0.05) is 65.8 Å². The molecule has 286 valence electrons. The number of fused-ring (bicyclic) bond motifs is 3. The summed E-state index contributed by atoms with van der Waals surface area (Å²) in [6.45, 7) is 26.2. The summed E-state index contributed by atoms with van der Waals surface area (Å²) >= 11 is 0. The third-order valence-corrected chi connectivity index (χ3v) is 19.0. The normalized spacial score (nSPS) is 45.0. The number of rotatable bonds is 8. The number of hydrogen-bond acceptors (Lipinski definition) is 6. The number of ether oxygens (including phenoxy) is 1. The summed E-state index contributed by atoms with van der Waals surface area (Å²) in [5.41, 5.74) is 5.04. The Balaban J connectivity index is 1.10. The van der Waals surface area contributed by atoms with E-state index in [9.17, 15) is 13.2 Å². The van der Waals surface area contributed by atoms with Crippen LogP contribution in [0.25, 0.3) is 0 Å². The van der Waals surface area contributed by atoms with Gasteiger partial charge < -0.3 is 15.0 Å². The first-order chi connectivity index (χ1) is 24.0. The van der Waals surface area contributed by atoms with Crippen molar-refractivity contribution in [3.8, 4) is 0 Å². The van der Waals surface area contributed by atoms with Crippen molar-refractivity contribution in [1.82, 2.24) is 10.2 Å². The van der Waals surface area contributed by atoms with Gasteiger partial charge in [0.25, 0.3) is 0 Å². The monoisotopic (exact) mass is 723 g/mol. The lowest BCUT2D eigenvalue weighted by Gasteiger charge is -2.67. The van der Waals surface area contributed by atoms with Crippen LogP contribution in [-0.4, -0.2) is 69.1 Å². The summed E-state index contributed by atoms with van der Waals surface area (Å²) in [6, 6.07) is 0. The van der Waals surface area contributed by atoms with E-state index in [1.54, 1.807) is 5.57 Å². The first-order valence-corrected chi connectivity index (χ1v) is 22.7. The van der Waals surface area contributed by atoms with Crippen molar-refractivity contribution in [2.45, 2.75) is 131 Å². The quantitative estimate of drug-likeness (QED) is 0.200. The topological polar surface area (TPSA) is 75.7 Å². The van der Waals surface area contributed by atoms with Crippen molar-refractivity contribution in [3.63, 3.8) is 0 Å². The van der Waals surface area contributed by atoms with Crippen LogP contribution in [0.1, 0.15) is 126 Å². The first kappa shape index (κ1) is 37.9. The second-order valence-corrected chi connectivity index (χ2v) is 22.1. The van der Waals surface area contributed by atoms with Gasteiger partial charge in [-0.2, -0.15) is 0 Å². The highest BCUT2D eigenvalue weighted by atomic mass is 32.2. The smallest absolute Gasteiger partial charge is 0.312 e. The number of allylic oxidation sites excluding steroid dienone is 5. The lowest BCUT2D eigenvalue weighted by atomic mass is 9.38. The Labute approximate surface area is 311 Å². The maximum absolute atomic E-state index is 12.6. The fourth-order valence-electron chi connectivity index (χ4n) is 14.3. The van der Waals surface area contributed by atoms with Crippen LogP contribution in [0.4, 0.5) is 0 Å². The molecule has 7 heteroatoms. The molecular weight excluding hydrogens is 653 g/mol. The van der Waals surface area contributed by atoms with Gasteiger partial charge in [-0.3, -0.25) is 4.79 Å². The van der Waals surface area contributed by atoms with Gasteiger partial charge in [-0.15, -0.1) is 0 Å². The third-order valence-electron chi connectivity index (χ3n) is 17.4. The van der Waals surface area contributed by atoms with Crippen LogP contribution in [0.3, 0.4) is 0 Å². The summed E-state index contributed by atoms with van der Waals surface area (Å²) in [5, 5.41) is 4.20. The zero-order chi connectivity index (χ0) is 36.6. The largest absolute Gasteiger partial charge is 0.465 e. The second kappa shape index (κ2) is 13.4. The summed E-state index contributed by atoms with van der Waals surface area (Å²) in [5.74, 6) is 4.49. The lowest BCUT2D eigenvalue weighted by molar-refractivity contribution is -0.161. The molecule has 0 amide bonds. The van der Waals surface area contributed by atoms with Gasteiger partial charge in [0, 0.05) is 31.7 Å². The number of sulfone groups is 1. The molecule has 1 N–H and O–H groups in total. The number of nitrogens with one attached hydrogen (secondary N) is 1. The summed E-state index contributed by atoms with van der Waals surface area (Å²) in [6.07, 6.45) is 18.8. The van der Waals surface area contributed by atoms with E-state index in [-0.39, 0.29) is 27.8 Å². The van der Waals surface area contributed by atoms with Crippen LogP contribution in [0.2, 0.25) is 0 Å². The van der Waals surface area contributed by atoms with Crippen molar-refractivity contribution in [2.24, 2.45) is 57.2 Å². The van der Waals surface area contributed by atoms with Crippen molar-refractivity contribution in [2.75, 3.05) is 44.3 Å². The second-order valence-electron chi connectivity index (χ2n) is 19.8. The Kier molecular flexibility index (Phi) is 9.94. The van der Waals surface area contributed by atoms with Crippen molar-refractivity contribution in [3.05, 3.63) is 35.5 Å². The van der Waals surface area contributed by atoms with E-state index in [1.807, 2.05) is 0 Å². The van der Waals surface area contributed by atoms with Gasteiger partial charge in [0.2, 0.25) is 0 Å². The number of esters is 1. The van der Waals surface area contributed by atoms with E-state index in [4.69, 9.17) is 4.74 Å². The average molecular weight is 723 g/mol. The maximum atomic E-state index is 12.6. The molecule has 6 nitrogen and oxygen atoms in total. The van der Waals surface area contributed by atoms with Gasteiger partial charge in [0.05, 0.1) is 23.5 Å². The fraction of sp³-hybridized carbons (Fsp3) is 0.841. The van der Waals surface area contributed by atoms with Crippen molar-refractivity contribution in [1.29, 1.82) is 0 Å². The lowest BCUT2D eigenvalue weighted by Crippen LogP contribution is -2.61. The predicted molar refractivity (Wildman–Crippen MR) is 208 cm³/mol. The highest BCUT2D eigenvalue weighted by molar-refractivity contribution is 7.91. The fourth-order valence-corrected chi connectivity index (χ4v) is 15.5. The van der Waals surface area contributed by atoms with Crippen LogP contribution in [-0.2, 0) is 19.4 Å². The number of carbonyl (C=O) groups excluding carboxylic acids is 1. The molecule has 5 fully saturated rings. The molecule has 0 aromatic rings. The highest BCUT2D eigenvalue weighted by Gasteiger charge is 2.64. The van der Waals surface area contributed by atoms with Gasteiger partial charge in [-0.05, 0) is 147 Å². The zero-order valence-corrected chi connectivity index (χ0v) is 34.1. The molecule has 0 bridgehead atoms. The van der Waals surface area contributed by atoms with Crippen LogP contribution in [0, 0.1) is 57.2 Å². The van der Waals surface area contributed by atoms with Gasteiger partial charge >= 0.3 is 5.97 Å². The van der Waals surface area contributed by atoms with E-state index in [0.29, 0.717) is 72.1 Å². The van der Waals surface area contributed by atoms with Crippen LogP contribution < -0.4 is 5.32 Å². The van der Waals surface area contributed by atoms with E-state index in [0.717, 1.165) is 45.2 Å². The maximum Gasteiger partial charge on any atom is 0.312 e. The molecule has 2 saturated heterocycles. The molecule has 7 aliphatic rings. The molecule has 0 aromatic carbocycles. The van der Waals surface area contributed by atoms with Crippen molar-refractivity contribution < 1.29 is 17.9 Å². The molecule has 3 saturated carbocycles. The van der Waals surface area contributed by atoms with Crippen LogP contribution in [0.15, 0.2) is 35.5 Å². The number of nitrogens with zero attached hydrogens (tertiary/aromatic N) is 1. The molecule has 7 rings (SSSR count). The highest BCUT2D eigenvalue weighted by Crippen LogP contribution is 2.71. The Bertz CT molecular complexity index is 1550. The van der Waals surface area contributed by atoms with E-state index in [1.165, 1.54) is 56.1 Å². The third kappa shape index (κ3) is 6.18. The predicted octanol–water partition coefficient (Wildman–Crippen LogP) is 8.54. The van der Waals surface area contributed by atoms with Gasteiger partial charge in [0.15, 0.2) is 9.84 Å². The van der Waals surface area contributed by atoms with Crippen LogP contribution >= 0.6 is 0 Å².